The maximum atomic E-state index is 13.1. The number of benzene rings is 3. The zero-order valence-corrected chi connectivity index (χ0v) is 24.4. The molecule has 1 unspecified atom stereocenters. The van der Waals surface area contributed by atoms with Crippen LogP contribution in [0.3, 0.4) is 0 Å². The van der Waals surface area contributed by atoms with E-state index in [0.717, 1.165) is 27.9 Å². The van der Waals surface area contributed by atoms with E-state index in [1.807, 2.05) is 97.3 Å². The summed E-state index contributed by atoms with van der Waals surface area (Å²) in [4.78, 5) is 14.8. The predicted octanol–water partition coefficient (Wildman–Crippen LogP) is 3.98. The van der Waals surface area contributed by atoms with E-state index in [0.29, 0.717) is 28.2 Å². The highest BCUT2D eigenvalue weighted by Crippen LogP contribution is 2.30. The Labute approximate surface area is 244 Å². The Morgan fingerprint density at radius 1 is 1.00 bits per heavy atom. The van der Waals surface area contributed by atoms with Gasteiger partial charge in [-0.1, -0.05) is 71.2 Å². The summed E-state index contributed by atoms with van der Waals surface area (Å²) in [7, 11) is 1.82. The van der Waals surface area contributed by atoms with Gasteiger partial charge in [-0.3, -0.25) is 4.79 Å². The normalized spacial score (nSPS) is 11.6. The number of carbonyl (C=O) groups is 1. The molecule has 4 rings (SSSR count). The molecule has 3 aromatic carbocycles. The summed E-state index contributed by atoms with van der Waals surface area (Å²) in [6.45, 7) is 5.14. The highest BCUT2D eigenvalue weighted by Gasteiger charge is 2.22. The van der Waals surface area contributed by atoms with E-state index in [1.165, 1.54) is 0 Å². The third-order valence-corrected chi connectivity index (χ3v) is 7.08. The van der Waals surface area contributed by atoms with Gasteiger partial charge in [-0.2, -0.15) is 0 Å². The lowest BCUT2D eigenvalue weighted by Crippen LogP contribution is -3.00. The predicted molar refractivity (Wildman–Crippen MR) is 149 cm³/mol. The van der Waals surface area contributed by atoms with Crippen molar-refractivity contribution in [2.24, 2.45) is 0 Å². The first kappa shape index (κ1) is 30.0. The molecule has 1 atom stereocenters. The standard InChI is InChI=1S/C29H29Cl3N3O2.ClH/c1-20-5-4-6-21(2)29(20)33(3)28(36)17-35-14-13-34(19-35)16-27(25-12-11-24(31)15-26(25)32)37-18-22-7-9-23(30)10-8-22;/h4-15,19,27H,16-18H2,1-3H3;1H/q+1;/p-1. The van der Waals surface area contributed by atoms with Gasteiger partial charge in [0.15, 0.2) is 6.54 Å². The van der Waals surface area contributed by atoms with Crippen molar-refractivity contribution < 1.29 is 26.5 Å². The van der Waals surface area contributed by atoms with E-state index in [1.54, 1.807) is 17.0 Å². The number of imidazole rings is 1. The van der Waals surface area contributed by atoms with Gasteiger partial charge in [-0.15, -0.1) is 0 Å². The Morgan fingerprint density at radius 3 is 2.32 bits per heavy atom. The Hall–Kier alpha value is -2.54. The second-order valence-corrected chi connectivity index (χ2v) is 10.3. The Bertz CT molecular complexity index is 1370. The first-order valence-electron chi connectivity index (χ1n) is 11.9. The monoisotopic (exact) mass is 591 g/mol. The second-order valence-electron chi connectivity index (χ2n) is 9.07. The van der Waals surface area contributed by atoms with Crippen molar-refractivity contribution in [3.63, 3.8) is 0 Å². The molecule has 0 spiro atoms. The van der Waals surface area contributed by atoms with Crippen molar-refractivity contribution in [2.75, 3.05) is 11.9 Å². The number of rotatable bonds is 9. The minimum absolute atomic E-state index is 0. The molecule has 0 saturated carbocycles. The number of likely N-dealkylation sites (N-methyl/N-ethyl adjacent to an activating group) is 1. The third kappa shape index (κ3) is 7.52. The number of anilines is 1. The molecule has 1 heterocycles. The van der Waals surface area contributed by atoms with Gasteiger partial charge < -0.3 is 22.0 Å². The number of carbonyl (C=O) groups excluding carboxylic acids is 1. The molecular formula is C29H29Cl4N3O2. The van der Waals surface area contributed by atoms with Crippen LogP contribution in [0.5, 0.6) is 0 Å². The fourth-order valence-corrected chi connectivity index (χ4v) is 4.99. The van der Waals surface area contributed by atoms with Crippen LogP contribution in [0.2, 0.25) is 15.1 Å². The minimum Gasteiger partial charge on any atom is -1.00 e. The van der Waals surface area contributed by atoms with Gasteiger partial charge in [0.05, 0.1) is 6.61 Å². The molecule has 4 aromatic rings. The van der Waals surface area contributed by atoms with Crippen LogP contribution < -0.4 is 21.9 Å². The Balaban J connectivity index is 0.00000400. The summed E-state index contributed by atoms with van der Waals surface area (Å²) in [5, 5.41) is 1.78. The summed E-state index contributed by atoms with van der Waals surface area (Å²) < 4.78 is 10.2. The number of hydrogen-bond donors (Lipinski definition) is 0. The largest absolute Gasteiger partial charge is 1.00 e. The second kappa shape index (κ2) is 13.5. The van der Waals surface area contributed by atoms with Crippen molar-refractivity contribution in [2.45, 2.75) is 39.6 Å². The van der Waals surface area contributed by atoms with Crippen molar-refractivity contribution in [3.8, 4) is 0 Å². The Morgan fingerprint density at radius 2 is 1.66 bits per heavy atom. The highest BCUT2D eigenvalue weighted by atomic mass is 35.5. The van der Waals surface area contributed by atoms with Crippen molar-refractivity contribution in [1.29, 1.82) is 0 Å². The van der Waals surface area contributed by atoms with E-state index in [2.05, 4.69) is 0 Å². The first-order chi connectivity index (χ1) is 17.7. The minimum atomic E-state index is -0.339. The molecule has 0 aliphatic carbocycles. The zero-order valence-electron chi connectivity index (χ0n) is 21.4. The quantitative estimate of drug-likeness (QED) is 0.276. The summed E-state index contributed by atoms with van der Waals surface area (Å²) in [6.07, 6.45) is 5.37. The molecule has 0 aliphatic heterocycles. The average Bonchev–Trinajstić information content (AvgIpc) is 3.29. The van der Waals surface area contributed by atoms with Gasteiger partial charge in [0.1, 0.15) is 25.0 Å². The smallest absolute Gasteiger partial charge is 0.268 e. The van der Waals surface area contributed by atoms with Gasteiger partial charge >= 0.3 is 0 Å². The van der Waals surface area contributed by atoms with Crippen LogP contribution in [-0.2, 0) is 29.2 Å². The number of hydrogen-bond acceptors (Lipinski definition) is 2. The molecule has 0 N–H and O–H groups in total. The van der Waals surface area contributed by atoms with Crippen LogP contribution in [-0.4, -0.2) is 17.5 Å². The number of halogens is 4. The topological polar surface area (TPSA) is 38.4 Å². The molecule has 38 heavy (non-hydrogen) atoms. The molecule has 0 bridgehead atoms. The van der Waals surface area contributed by atoms with Gasteiger partial charge in [-0.25, -0.2) is 9.13 Å². The first-order valence-corrected chi connectivity index (χ1v) is 13.0. The molecule has 0 fully saturated rings. The Kier molecular flexibility index (Phi) is 10.7. The van der Waals surface area contributed by atoms with Crippen molar-refractivity contribution in [1.82, 2.24) is 4.57 Å². The van der Waals surface area contributed by atoms with E-state index in [9.17, 15) is 4.79 Å². The molecular weight excluding hydrogens is 564 g/mol. The molecule has 0 radical (unpaired) electrons. The van der Waals surface area contributed by atoms with Crippen LogP contribution in [0.15, 0.2) is 79.4 Å². The molecule has 5 nitrogen and oxygen atoms in total. The maximum Gasteiger partial charge on any atom is 0.268 e. The summed E-state index contributed by atoms with van der Waals surface area (Å²) >= 11 is 18.7. The van der Waals surface area contributed by atoms with Crippen LogP contribution in [0, 0.1) is 13.8 Å². The van der Waals surface area contributed by atoms with Crippen LogP contribution in [0.1, 0.15) is 28.4 Å². The van der Waals surface area contributed by atoms with Gasteiger partial charge in [-0.05, 0) is 54.8 Å². The lowest BCUT2D eigenvalue weighted by atomic mass is 10.1. The van der Waals surface area contributed by atoms with Gasteiger partial charge in [0.2, 0.25) is 6.33 Å². The number of aromatic nitrogens is 2. The summed E-state index contributed by atoms with van der Waals surface area (Å²) in [6, 6.07) is 19.0. The lowest BCUT2D eigenvalue weighted by Gasteiger charge is -2.21. The van der Waals surface area contributed by atoms with Gasteiger partial charge in [0, 0.05) is 33.4 Å². The number of aryl methyl sites for hydroxylation is 2. The molecule has 1 amide bonds. The van der Waals surface area contributed by atoms with E-state index in [-0.39, 0.29) is 31.0 Å². The maximum absolute atomic E-state index is 13.1. The molecule has 0 saturated heterocycles. The number of amides is 1. The van der Waals surface area contributed by atoms with Crippen LogP contribution >= 0.6 is 34.8 Å². The van der Waals surface area contributed by atoms with E-state index >= 15 is 0 Å². The molecule has 0 aliphatic rings. The van der Waals surface area contributed by atoms with Crippen LogP contribution in [0.4, 0.5) is 5.69 Å². The van der Waals surface area contributed by atoms with Crippen molar-refractivity contribution in [3.05, 3.63) is 117 Å². The fourth-order valence-electron chi connectivity index (χ4n) is 4.33. The van der Waals surface area contributed by atoms with E-state index < -0.39 is 0 Å². The van der Waals surface area contributed by atoms with Gasteiger partial charge in [0.25, 0.3) is 5.91 Å². The lowest BCUT2D eigenvalue weighted by molar-refractivity contribution is -0.704. The number of ether oxygens (including phenoxy) is 1. The third-order valence-electron chi connectivity index (χ3n) is 6.26. The summed E-state index contributed by atoms with van der Waals surface area (Å²) in [5.41, 5.74) is 4.92. The SMILES string of the molecule is Cc1cccc(C)c1N(C)C(=O)Cn1cc[n+](CC(OCc2ccc(Cl)cc2)c2ccc(Cl)cc2Cl)c1.[Cl-]. The fraction of sp³-hybridized carbons (Fsp3) is 0.241. The molecule has 9 heteroatoms. The van der Waals surface area contributed by atoms with Crippen molar-refractivity contribution >= 4 is 46.4 Å². The summed E-state index contributed by atoms with van der Waals surface area (Å²) in [5.74, 6) is -0.00330. The molecule has 1 aromatic heterocycles. The number of nitrogens with zero attached hydrogens (tertiary/aromatic N) is 3. The number of para-hydroxylation sites is 1. The average molecular weight is 593 g/mol. The molecule has 200 valence electrons. The van der Waals surface area contributed by atoms with E-state index in [4.69, 9.17) is 39.5 Å². The van der Waals surface area contributed by atoms with Crippen LogP contribution in [0.25, 0.3) is 0 Å². The highest BCUT2D eigenvalue weighted by molar-refractivity contribution is 6.35. The zero-order chi connectivity index (χ0) is 26.5.